The number of anilines is 1. The zero-order chi connectivity index (χ0) is 18.8. The van der Waals surface area contributed by atoms with Gasteiger partial charge in [0.1, 0.15) is 19.8 Å². The molecule has 3 heterocycles. The number of rotatable bonds is 4. The summed E-state index contributed by atoms with van der Waals surface area (Å²) in [4.78, 5) is 28.7. The smallest absolute Gasteiger partial charge is 0.253 e. The van der Waals surface area contributed by atoms with Crippen molar-refractivity contribution in [3.05, 3.63) is 57.8 Å². The lowest BCUT2D eigenvalue weighted by molar-refractivity contribution is -0.116. The van der Waals surface area contributed by atoms with E-state index in [0.29, 0.717) is 29.7 Å². The lowest BCUT2D eigenvalue weighted by Crippen LogP contribution is -2.28. The highest BCUT2D eigenvalue weighted by Gasteiger charge is 2.14. The van der Waals surface area contributed by atoms with Crippen molar-refractivity contribution in [2.24, 2.45) is 0 Å². The van der Waals surface area contributed by atoms with Crippen molar-refractivity contribution in [2.45, 2.75) is 13.5 Å². The molecule has 1 amide bonds. The van der Waals surface area contributed by atoms with Crippen LogP contribution >= 0.6 is 11.3 Å². The fourth-order valence-electron chi connectivity index (χ4n) is 2.76. The molecule has 0 saturated heterocycles. The van der Waals surface area contributed by atoms with Crippen LogP contribution in [0.3, 0.4) is 0 Å². The molecule has 0 unspecified atom stereocenters. The van der Waals surface area contributed by atoms with Crippen LogP contribution < -0.4 is 20.3 Å². The summed E-state index contributed by atoms with van der Waals surface area (Å²) in [7, 11) is 0. The molecule has 3 aromatic rings. The van der Waals surface area contributed by atoms with Crippen LogP contribution in [0.1, 0.15) is 5.56 Å². The number of benzene rings is 1. The fraction of sp³-hybridized carbons (Fsp3) is 0.211. The number of ether oxygens (including phenoxy) is 2. The summed E-state index contributed by atoms with van der Waals surface area (Å²) >= 11 is 1.33. The zero-order valence-electron chi connectivity index (χ0n) is 14.6. The van der Waals surface area contributed by atoms with Gasteiger partial charge in [-0.05, 0) is 31.2 Å². The maximum absolute atomic E-state index is 12.2. The molecule has 0 atom stereocenters. The summed E-state index contributed by atoms with van der Waals surface area (Å²) in [6.45, 7) is 2.73. The summed E-state index contributed by atoms with van der Waals surface area (Å²) in [6.07, 6.45) is 1.59. The second kappa shape index (κ2) is 7.24. The molecule has 0 aliphatic carbocycles. The van der Waals surface area contributed by atoms with Crippen molar-refractivity contribution in [3.63, 3.8) is 0 Å². The predicted molar refractivity (Wildman–Crippen MR) is 103 cm³/mol. The molecule has 4 rings (SSSR count). The zero-order valence-corrected chi connectivity index (χ0v) is 15.4. The third-order valence-corrected chi connectivity index (χ3v) is 4.87. The van der Waals surface area contributed by atoms with Crippen LogP contribution in [0.4, 0.5) is 5.13 Å². The molecule has 0 bridgehead atoms. The number of hydrogen-bond acceptors (Lipinski definition) is 6. The summed E-state index contributed by atoms with van der Waals surface area (Å²) in [5.41, 5.74) is 2.04. The quantitative estimate of drug-likeness (QED) is 0.749. The lowest BCUT2D eigenvalue weighted by Gasteiger charge is -2.18. The van der Waals surface area contributed by atoms with Crippen molar-refractivity contribution in [3.8, 4) is 22.8 Å². The summed E-state index contributed by atoms with van der Waals surface area (Å²) < 4.78 is 12.5. The van der Waals surface area contributed by atoms with Crippen molar-refractivity contribution < 1.29 is 14.3 Å². The van der Waals surface area contributed by atoms with E-state index >= 15 is 0 Å². The van der Waals surface area contributed by atoms with Gasteiger partial charge < -0.3 is 19.4 Å². The van der Waals surface area contributed by atoms with E-state index in [1.165, 1.54) is 15.9 Å². The van der Waals surface area contributed by atoms with Gasteiger partial charge in [-0.15, -0.1) is 11.3 Å². The summed E-state index contributed by atoms with van der Waals surface area (Å²) in [6, 6.07) is 9.10. The van der Waals surface area contributed by atoms with E-state index in [-0.39, 0.29) is 18.0 Å². The topological polar surface area (TPSA) is 82.5 Å². The van der Waals surface area contributed by atoms with Crippen molar-refractivity contribution >= 4 is 22.4 Å². The SMILES string of the molecule is Cc1cccn(CC(=O)Nc2nc(-c3ccc4c(c3)OCCO4)cs2)c1=O. The Labute approximate surface area is 159 Å². The largest absolute Gasteiger partial charge is 0.486 e. The number of nitrogens with one attached hydrogen (secondary N) is 1. The Morgan fingerprint density at radius 1 is 1.26 bits per heavy atom. The normalized spacial score (nSPS) is 12.6. The number of aromatic nitrogens is 2. The van der Waals surface area contributed by atoms with Crippen LogP contribution in [-0.2, 0) is 11.3 Å². The maximum atomic E-state index is 12.2. The van der Waals surface area contributed by atoms with E-state index in [1.54, 1.807) is 25.3 Å². The van der Waals surface area contributed by atoms with E-state index in [0.717, 1.165) is 17.0 Å². The molecule has 0 spiro atoms. The molecule has 1 N–H and O–H groups in total. The van der Waals surface area contributed by atoms with Gasteiger partial charge in [-0.1, -0.05) is 6.07 Å². The van der Waals surface area contributed by atoms with Crippen LogP contribution in [0.2, 0.25) is 0 Å². The van der Waals surface area contributed by atoms with Gasteiger partial charge in [-0.25, -0.2) is 4.98 Å². The summed E-state index contributed by atoms with van der Waals surface area (Å²) in [5.74, 6) is 1.11. The number of amides is 1. The van der Waals surface area contributed by atoms with Crippen molar-refractivity contribution in [1.29, 1.82) is 0 Å². The summed E-state index contributed by atoms with van der Waals surface area (Å²) in [5, 5.41) is 5.08. The standard InChI is InChI=1S/C19H17N3O4S/c1-12-3-2-6-22(18(12)24)10-17(23)21-19-20-14(11-27-19)13-4-5-15-16(9-13)26-8-7-25-15/h2-6,9,11H,7-8,10H2,1H3,(H,20,21,23). The van der Waals surface area contributed by atoms with Crippen molar-refractivity contribution in [2.75, 3.05) is 18.5 Å². The number of nitrogens with zero attached hydrogens (tertiary/aromatic N) is 2. The lowest BCUT2D eigenvalue weighted by atomic mass is 10.1. The van der Waals surface area contributed by atoms with Gasteiger partial charge >= 0.3 is 0 Å². The first kappa shape index (κ1) is 17.3. The number of carbonyl (C=O) groups excluding carboxylic acids is 1. The minimum atomic E-state index is -0.300. The van der Waals surface area contributed by atoms with Gasteiger partial charge in [0, 0.05) is 22.7 Å². The van der Waals surface area contributed by atoms with Crippen molar-refractivity contribution in [1.82, 2.24) is 9.55 Å². The molecule has 1 aliphatic heterocycles. The Morgan fingerprint density at radius 3 is 2.93 bits per heavy atom. The monoisotopic (exact) mass is 383 g/mol. The number of pyridine rings is 1. The van der Waals surface area contributed by atoms with E-state index in [1.807, 2.05) is 23.6 Å². The highest BCUT2D eigenvalue weighted by Crippen LogP contribution is 2.35. The molecule has 7 nitrogen and oxygen atoms in total. The third-order valence-electron chi connectivity index (χ3n) is 4.11. The first-order valence-corrected chi connectivity index (χ1v) is 9.29. The molecule has 0 fully saturated rings. The van der Waals surface area contributed by atoms with Gasteiger partial charge in [0.25, 0.3) is 5.56 Å². The van der Waals surface area contributed by atoms with E-state index in [9.17, 15) is 9.59 Å². The highest BCUT2D eigenvalue weighted by atomic mass is 32.1. The number of aryl methyl sites for hydroxylation is 1. The molecule has 8 heteroatoms. The first-order valence-electron chi connectivity index (χ1n) is 8.41. The van der Waals surface area contributed by atoms with Crippen LogP contribution in [0.5, 0.6) is 11.5 Å². The minimum absolute atomic E-state index is 0.0561. The molecule has 0 saturated carbocycles. The third kappa shape index (κ3) is 3.70. The minimum Gasteiger partial charge on any atom is -0.486 e. The van der Waals surface area contributed by atoms with Gasteiger partial charge in [-0.2, -0.15) is 0 Å². The molecular formula is C19H17N3O4S. The second-order valence-corrected chi connectivity index (χ2v) is 6.93. The van der Waals surface area contributed by atoms with Crippen LogP contribution in [0.25, 0.3) is 11.3 Å². The van der Waals surface area contributed by atoms with E-state index in [2.05, 4.69) is 10.3 Å². The molecular weight excluding hydrogens is 366 g/mol. The Morgan fingerprint density at radius 2 is 2.07 bits per heavy atom. The second-order valence-electron chi connectivity index (χ2n) is 6.07. The van der Waals surface area contributed by atoms with Crippen LogP contribution in [0.15, 0.2) is 46.7 Å². The van der Waals surface area contributed by atoms with Gasteiger partial charge in [-0.3, -0.25) is 9.59 Å². The molecule has 0 radical (unpaired) electrons. The fourth-order valence-corrected chi connectivity index (χ4v) is 3.50. The average molecular weight is 383 g/mol. The van der Waals surface area contributed by atoms with Gasteiger partial charge in [0.15, 0.2) is 16.6 Å². The number of fused-ring (bicyclic) bond motifs is 1. The molecule has 2 aromatic heterocycles. The Kier molecular flexibility index (Phi) is 4.64. The number of hydrogen-bond donors (Lipinski definition) is 1. The van der Waals surface area contributed by atoms with Crippen LogP contribution in [0, 0.1) is 6.92 Å². The number of carbonyl (C=O) groups is 1. The number of thiazole rings is 1. The molecule has 1 aliphatic rings. The Balaban J connectivity index is 1.47. The Bertz CT molecular complexity index is 1060. The Hall–Kier alpha value is -3.13. The molecule has 27 heavy (non-hydrogen) atoms. The van der Waals surface area contributed by atoms with Gasteiger partial charge in [0.05, 0.1) is 5.69 Å². The first-order chi connectivity index (χ1) is 13.1. The predicted octanol–water partition coefficient (Wildman–Crippen LogP) is 2.69. The van der Waals surface area contributed by atoms with Gasteiger partial charge in [0.2, 0.25) is 5.91 Å². The van der Waals surface area contributed by atoms with Crippen LogP contribution in [-0.4, -0.2) is 28.7 Å². The van der Waals surface area contributed by atoms with E-state index < -0.39 is 0 Å². The molecule has 1 aromatic carbocycles. The maximum Gasteiger partial charge on any atom is 0.253 e. The molecule has 138 valence electrons. The van der Waals surface area contributed by atoms with E-state index in [4.69, 9.17) is 9.47 Å². The highest BCUT2D eigenvalue weighted by molar-refractivity contribution is 7.14. The average Bonchev–Trinajstić information content (AvgIpc) is 3.13.